The molecule has 190 valence electrons. The minimum atomic E-state index is -0.515. The molecule has 3 aromatic carbocycles. The quantitative estimate of drug-likeness (QED) is 0.170. The van der Waals surface area contributed by atoms with E-state index in [9.17, 15) is 9.59 Å². The van der Waals surface area contributed by atoms with E-state index in [4.69, 9.17) is 33.3 Å². The van der Waals surface area contributed by atoms with Crippen LogP contribution in [0.1, 0.15) is 23.6 Å². The second-order valence-electron chi connectivity index (χ2n) is 8.24. The summed E-state index contributed by atoms with van der Waals surface area (Å²) in [6.07, 6.45) is 2.53. The number of carbonyl (C=O) groups excluding carboxylic acids is 2. The van der Waals surface area contributed by atoms with Gasteiger partial charge in [0.1, 0.15) is 24.6 Å². The van der Waals surface area contributed by atoms with E-state index in [-0.39, 0.29) is 23.3 Å². The highest BCUT2D eigenvalue weighted by atomic mass is 79.9. The Morgan fingerprint density at radius 3 is 2.35 bits per heavy atom. The maximum atomic E-state index is 13.5. The summed E-state index contributed by atoms with van der Waals surface area (Å²) in [4.78, 5) is 28.5. The molecule has 6 nitrogen and oxygen atoms in total. The smallest absolute Gasteiger partial charge is 0.325 e. The number of hydrogen-bond acceptors (Lipinski definition) is 5. The first-order valence-corrected chi connectivity index (χ1v) is 13.1. The Hall–Kier alpha value is -3.20. The Morgan fingerprint density at radius 1 is 1.05 bits per heavy atom. The van der Waals surface area contributed by atoms with Gasteiger partial charge in [0.05, 0.1) is 17.8 Å². The van der Waals surface area contributed by atoms with Crippen LogP contribution < -0.4 is 9.64 Å². The fraction of sp³-hybridized carbons (Fsp3) is 0.179. The van der Waals surface area contributed by atoms with Crippen molar-refractivity contribution in [3.05, 3.63) is 98.6 Å². The molecule has 0 N–H and O–H groups in total. The van der Waals surface area contributed by atoms with Crippen molar-refractivity contribution >= 4 is 68.5 Å². The molecular weight excluding hydrogens is 576 g/mol. The van der Waals surface area contributed by atoms with E-state index >= 15 is 0 Å². The van der Waals surface area contributed by atoms with E-state index in [1.807, 2.05) is 48.5 Å². The maximum absolute atomic E-state index is 13.5. The van der Waals surface area contributed by atoms with E-state index in [2.05, 4.69) is 22.9 Å². The minimum Gasteiger partial charge on any atom is -0.487 e. The molecule has 0 unspecified atom stereocenters. The molecule has 0 radical (unpaired) electrons. The molecule has 0 aliphatic carbocycles. The topological polar surface area (TPSA) is 59.1 Å². The summed E-state index contributed by atoms with van der Waals surface area (Å²) in [5, 5.41) is 0.595. The molecule has 1 aliphatic heterocycles. The van der Waals surface area contributed by atoms with Gasteiger partial charge in [-0.05, 0) is 77.8 Å². The summed E-state index contributed by atoms with van der Waals surface area (Å²) in [5.41, 5.74) is 3.67. The second-order valence-corrected chi connectivity index (χ2v) is 9.93. The number of rotatable bonds is 8. The first-order valence-electron chi connectivity index (χ1n) is 11.5. The van der Waals surface area contributed by atoms with Crippen molar-refractivity contribution in [1.29, 1.82) is 0 Å². The van der Waals surface area contributed by atoms with Crippen LogP contribution in [0.3, 0.4) is 0 Å². The van der Waals surface area contributed by atoms with Crippen LogP contribution in [0, 0.1) is 0 Å². The predicted molar refractivity (Wildman–Crippen MR) is 153 cm³/mol. The first-order chi connectivity index (χ1) is 17.8. The molecule has 1 heterocycles. The highest BCUT2D eigenvalue weighted by Gasteiger charge is 2.40. The van der Waals surface area contributed by atoms with Crippen molar-refractivity contribution in [3.8, 4) is 5.75 Å². The molecule has 0 atom stereocenters. The highest BCUT2D eigenvalue weighted by molar-refractivity contribution is 9.10. The van der Waals surface area contributed by atoms with Crippen molar-refractivity contribution in [2.24, 2.45) is 0 Å². The third-order valence-corrected chi connectivity index (χ3v) is 7.05. The molecule has 3 aromatic rings. The Labute approximate surface area is 234 Å². The fourth-order valence-electron chi connectivity index (χ4n) is 3.76. The number of aryl methyl sites for hydroxylation is 1. The van der Waals surface area contributed by atoms with E-state index in [1.54, 1.807) is 24.3 Å². The summed E-state index contributed by atoms with van der Waals surface area (Å²) in [7, 11) is 1.29. The van der Waals surface area contributed by atoms with E-state index in [0.29, 0.717) is 28.6 Å². The van der Waals surface area contributed by atoms with Crippen LogP contribution in [0.15, 0.2) is 76.9 Å². The molecule has 9 heteroatoms. The zero-order valence-electron chi connectivity index (χ0n) is 20.2. The summed E-state index contributed by atoms with van der Waals surface area (Å²) in [6.45, 7) is 2.22. The van der Waals surface area contributed by atoms with Crippen LogP contribution in [0.4, 0.5) is 5.69 Å². The lowest BCUT2D eigenvalue weighted by Crippen LogP contribution is -2.35. The number of anilines is 1. The molecule has 0 aromatic heterocycles. The van der Waals surface area contributed by atoms with Crippen molar-refractivity contribution in [1.82, 2.24) is 4.90 Å². The maximum Gasteiger partial charge on any atom is 0.325 e. The molecular formula is C28H24BrClN2O4S. The number of methoxy groups -OCH3 is 1. The third-order valence-electron chi connectivity index (χ3n) is 5.82. The second kappa shape index (κ2) is 11.9. The van der Waals surface area contributed by atoms with E-state index in [0.717, 1.165) is 22.0 Å². The summed E-state index contributed by atoms with van der Waals surface area (Å²) >= 11 is 15.5. The average molecular weight is 600 g/mol. The molecule has 1 fully saturated rings. The van der Waals surface area contributed by atoms with Gasteiger partial charge in [0.2, 0.25) is 0 Å². The molecule has 0 saturated carbocycles. The molecule has 0 spiro atoms. The largest absolute Gasteiger partial charge is 0.487 e. The van der Waals surface area contributed by atoms with Crippen LogP contribution in [-0.2, 0) is 27.4 Å². The lowest BCUT2D eigenvalue weighted by atomic mass is 10.1. The number of esters is 1. The normalized spacial score (nSPS) is 14.4. The number of thiocarbonyl (C=S) groups is 1. The highest BCUT2D eigenvalue weighted by Crippen LogP contribution is 2.32. The fourth-order valence-corrected chi connectivity index (χ4v) is 4.62. The lowest BCUT2D eigenvalue weighted by Gasteiger charge is -2.19. The molecule has 1 aliphatic rings. The van der Waals surface area contributed by atoms with Gasteiger partial charge in [-0.15, -0.1) is 0 Å². The van der Waals surface area contributed by atoms with Crippen LogP contribution >= 0.6 is 39.7 Å². The van der Waals surface area contributed by atoms with E-state index in [1.165, 1.54) is 16.9 Å². The minimum absolute atomic E-state index is 0.196. The van der Waals surface area contributed by atoms with Crippen molar-refractivity contribution in [2.45, 2.75) is 20.0 Å². The van der Waals surface area contributed by atoms with Gasteiger partial charge in [0.25, 0.3) is 5.91 Å². The zero-order valence-corrected chi connectivity index (χ0v) is 23.4. The molecule has 37 heavy (non-hydrogen) atoms. The third kappa shape index (κ3) is 6.21. The van der Waals surface area contributed by atoms with Gasteiger partial charge in [-0.2, -0.15) is 0 Å². The zero-order chi connectivity index (χ0) is 26.5. The predicted octanol–water partition coefficient (Wildman–Crippen LogP) is 6.39. The van der Waals surface area contributed by atoms with Crippen molar-refractivity contribution in [3.63, 3.8) is 0 Å². The van der Waals surface area contributed by atoms with Gasteiger partial charge >= 0.3 is 5.97 Å². The van der Waals surface area contributed by atoms with Crippen LogP contribution in [-0.4, -0.2) is 35.5 Å². The van der Waals surface area contributed by atoms with Crippen molar-refractivity contribution < 1.29 is 19.1 Å². The summed E-state index contributed by atoms with van der Waals surface area (Å²) in [6, 6.07) is 20.6. The Balaban J connectivity index is 1.60. The average Bonchev–Trinajstić information content (AvgIpc) is 3.13. The number of amides is 1. The summed E-state index contributed by atoms with van der Waals surface area (Å²) in [5.74, 6) is -0.340. The number of halogens is 2. The SMILES string of the molecule is CCc1ccc(N2C(=O)/C(=C/c3ccc(OCc4ccc(Br)cc4)c(Cl)c3)N(CC(=O)OC)C2=S)cc1. The van der Waals surface area contributed by atoms with Gasteiger partial charge in [-0.3, -0.25) is 14.5 Å². The Bertz CT molecular complexity index is 1360. The lowest BCUT2D eigenvalue weighted by molar-refractivity contribution is -0.140. The van der Waals surface area contributed by atoms with Gasteiger partial charge in [-0.25, -0.2) is 0 Å². The van der Waals surface area contributed by atoms with Gasteiger partial charge in [0, 0.05) is 4.47 Å². The Kier molecular flexibility index (Phi) is 8.63. The number of carbonyl (C=O) groups is 2. The van der Waals surface area contributed by atoms with Crippen LogP contribution in [0.2, 0.25) is 5.02 Å². The number of nitrogens with zero attached hydrogens (tertiary/aromatic N) is 2. The molecule has 0 bridgehead atoms. The summed E-state index contributed by atoms with van der Waals surface area (Å²) < 4.78 is 11.7. The van der Waals surface area contributed by atoms with Gasteiger partial charge in [-0.1, -0.05) is 64.8 Å². The van der Waals surface area contributed by atoms with Crippen LogP contribution in [0.5, 0.6) is 5.75 Å². The number of benzene rings is 3. The molecule has 4 rings (SSSR count). The van der Waals surface area contributed by atoms with Crippen LogP contribution in [0.25, 0.3) is 6.08 Å². The first kappa shape index (κ1) is 26.9. The Morgan fingerprint density at radius 2 is 1.73 bits per heavy atom. The molecule has 1 saturated heterocycles. The monoisotopic (exact) mass is 598 g/mol. The van der Waals surface area contributed by atoms with Crippen molar-refractivity contribution in [2.75, 3.05) is 18.6 Å². The number of hydrogen-bond donors (Lipinski definition) is 0. The number of ether oxygens (including phenoxy) is 2. The molecule has 1 amide bonds. The standard InChI is InChI=1S/C28H24BrClN2O4S/c1-3-18-6-11-22(12-7-18)32-27(34)24(31(28(32)37)16-26(33)35-2)15-20-8-13-25(23(30)14-20)36-17-19-4-9-21(29)10-5-19/h4-15H,3,16-17H2,1-2H3/b24-15-. The van der Waals surface area contributed by atoms with Gasteiger partial charge in [0.15, 0.2) is 5.11 Å². The van der Waals surface area contributed by atoms with Gasteiger partial charge < -0.3 is 14.4 Å². The van der Waals surface area contributed by atoms with E-state index < -0.39 is 5.97 Å².